The molecule has 0 saturated carbocycles. The first-order valence-electron chi connectivity index (χ1n) is 6.86. The van der Waals surface area contributed by atoms with E-state index in [4.69, 9.17) is 0 Å². The number of carbonyl (C=O) groups excluding carboxylic acids is 1. The maximum absolute atomic E-state index is 11.9. The molecular formula is C15H15BrN4O3. The molecule has 0 atom stereocenters. The predicted octanol–water partition coefficient (Wildman–Crippen LogP) is 2.90. The number of nitro groups is 1. The Morgan fingerprint density at radius 3 is 2.78 bits per heavy atom. The zero-order valence-corrected chi connectivity index (χ0v) is 14.0. The quantitative estimate of drug-likeness (QED) is 0.457. The maximum Gasteiger partial charge on any atom is 0.290 e. The lowest BCUT2D eigenvalue weighted by atomic mass is 10.2. The fraction of sp³-hybridized carbons (Fsp3) is 0.200. The molecule has 0 aliphatic rings. The van der Waals surface area contributed by atoms with Gasteiger partial charge in [0.15, 0.2) is 0 Å². The number of hydrogen-bond acceptors (Lipinski definition) is 5. The average Bonchev–Trinajstić information content (AvgIpc) is 2.51. The van der Waals surface area contributed by atoms with Crippen molar-refractivity contribution in [3.05, 3.63) is 62.2 Å². The van der Waals surface area contributed by atoms with Crippen LogP contribution in [0.3, 0.4) is 0 Å². The molecule has 1 heterocycles. The predicted molar refractivity (Wildman–Crippen MR) is 90.6 cm³/mol. The summed E-state index contributed by atoms with van der Waals surface area (Å²) in [6.45, 7) is 2.52. The number of aromatic nitrogens is 1. The molecule has 1 aromatic heterocycles. The van der Waals surface area contributed by atoms with Crippen LogP contribution in [0, 0.1) is 17.0 Å². The number of anilines is 1. The Morgan fingerprint density at radius 2 is 2.13 bits per heavy atom. The van der Waals surface area contributed by atoms with Crippen LogP contribution in [0.25, 0.3) is 0 Å². The summed E-state index contributed by atoms with van der Waals surface area (Å²) in [5, 5.41) is 16.5. The van der Waals surface area contributed by atoms with Gasteiger partial charge in [-0.2, -0.15) is 0 Å². The molecule has 0 unspecified atom stereocenters. The average molecular weight is 379 g/mol. The van der Waals surface area contributed by atoms with Crippen molar-refractivity contribution in [3.8, 4) is 0 Å². The number of nitrogens with one attached hydrogen (secondary N) is 2. The molecule has 1 aromatic carbocycles. The Hall–Kier alpha value is -2.48. The lowest BCUT2D eigenvalue weighted by molar-refractivity contribution is -0.385. The number of amides is 1. The van der Waals surface area contributed by atoms with Crippen molar-refractivity contribution < 1.29 is 9.72 Å². The molecule has 2 aromatic rings. The summed E-state index contributed by atoms with van der Waals surface area (Å²) in [5.41, 5.74) is 1.09. The van der Waals surface area contributed by atoms with E-state index in [1.54, 1.807) is 31.2 Å². The molecule has 0 spiro atoms. The first kappa shape index (κ1) is 16.9. The van der Waals surface area contributed by atoms with Gasteiger partial charge in [0.05, 0.1) is 4.92 Å². The van der Waals surface area contributed by atoms with Crippen molar-refractivity contribution in [3.63, 3.8) is 0 Å². The summed E-state index contributed by atoms with van der Waals surface area (Å²) >= 11 is 3.32. The number of nitrogens with zero attached hydrogens (tertiary/aromatic N) is 2. The van der Waals surface area contributed by atoms with E-state index in [1.807, 2.05) is 6.07 Å². The Bertz CT molecular complexity index is 736. The lowest BCUT2D eigenvalue weighted by Gasteiger charge is -2.08. The van der Waals surface area contributed by atoms with E-state index in [-0.39, 0.29) is 11.6 Å². The van der Waals surface area contributed by atoms with Gasteiger partial charge in [-0.1, -0.05) is 22.0 Å². The summed E-state index contributed by atoms with van der Waals surface area (Å²) in [7, 11) is 0. The van der Waals surface area contributed by atoms with Crippen LogP contribution in [0.5, 0.6) is 0 Å². The third-order valence-electron chi connectivity index (χ3n) is 3.08. The number of halogens is 1. The molecule has 23 heavy (non-hydrogen) atoms. The van der Waals surface area contributed by atoms with Crippen molar-refractivity contribution in [2.24, 2.45) is 0 Å². The molecular weight excluding hydrogens is 364 g/mol. The van der Waals surface area contributed by atoms with Gasteiger partial charge in [-0.25, -0.2) is 4.98 Å². The molecule has 2 N–H and O–H groups in total. The van der Waals surface area contributed by atoms with E-state index in [2.05, 4.69) is 31.5 Å². The molecule has 0 bridgehead atoms. The van der Waals surface area contributed by atoms with Gasteiger partial charge in [-0.05, 0) is 31.2 Å². The van der Waals surface area contributed by atoms with Crippen LogP contribution in [0.15, 0.2) is 41.0 Å². The number of aryl methyl sites for hydroxylation is 1. The van der Waals surface area contributed by atoms with E-state index in [1.165, 1.54) is 6.20 Å². The highest BCUT2D eigenvalue weighted by atomic mass is 79.9. The number of benzene rings is 1. The van der Waals surface area contributed by atoms with Crippen LogP contribution in [0.4, 0.5) is 11.5 Å². The normalized spacial score (nSPS) is 10.2. The lowest BCUT2D eigenvalue weighted by Crippen LogP contribution is -2.28. The summed E-state index contributed by atoms with van der Waals surface area (Å²) in [6, 6.07) is 8.72. The van der Waals surface area contributed by atoms with Gasteiger partial charge in [0.2, 0.25) is 0 Å². The zero-order valence-electron chi connectivity index (χ0n) is 12.4. The molecule has 0 aliphatic carbocycles. The minimum atomic E-state index is -0.468. The third-order valence-corrected chi connectivity index (χ3v) is 3.58. The fourth-order valence-corrected chi connectivity index (χ4v) is 2.33. The second-order valence-electron chi connectivity index (χ2n) is 4.81. The Morgan fingerprint density at radius 1 is 1.35 bits per heavy atom. The standard InChI is InChI=1S/C15H15BrN4O3/c1-10-7-14(19-9-13(10)20(22)23)17-5-6-18-15(21)11-3-2-4-12(16)8-11/h2-4,7-9H,5-6H2,1H3,(H,17,19)(H,18,21). The van der Waals surface area contributed by atoms with Crippen molar-refractivity contribution >= 4 is 33.3 Å². The number of pyridine rings is 1. The minimum Gasteiger partial charge on any atom is -0.368 e. The molecule has 0 fully saturated rings. The smallest absolute Gasteiger partial charge is 0.290 e. The molecule has 0 aliphatic heterocycles. The largest absolute Gasteiger partial charge is 0.368 e. The minimum absolute atomic E-state index is 0.0153. The molecule has 1 amide bonds. The van der Waals surface area contributed by atoms with E-state index in [9.17, 15) is 14.9 Å². The SMILES string of the molecule is Cc1cc(NCCNC(=O)c2cccc(Br)c2)ncc1[N+](=O)[O-]. The van der Waals surface area contributed by atoms with Gasteiger partial charge in [-0.15, -0.1) is 0 Å². The summed E-state index contributed by atoms with van der Waals surface area (Å²) < 4.78 is 0.842. The van der Waals surface area contributed by atoms with Crippen LogP contribution in [0.2, 0.25) is 0 Å². The molecule has 7 nitrogen and oxygen atoms in total. The van der Waals surface area contributed by atoms with Crippen molar-refractivity contribution in [1.82, 2.24) is 10.3 Å². The molecule has 120 valence electrons. The van der Waals surface area contributed by atoms with Gasteiger partial charge in [0, 0.05) is 28.7 Å². The maximum atomic E-state index is 11.9. The summed E-state index contributed by atoms with van der Waals surface area (Å²) in [5.74, 6) is 0.366. The Balaban J connectivity index is 1.82. The van der Waals surface area contributed by atoms with Crippen molar-refractivity contribution in [1.29, 1.82) is 0 Å². The van der Waals surface area contributed by atoms with Gasteiger partial charge in [-0.3, -0.25) is 14.9 Å². The second-order valence-corrected chi connectivity index (χ2v) is 5.72. The molecule has 0 saturated heterocycles. The van der Waals surface area contributed by atoms with E-state index in [0.29, 0.717) is 30.0 Å². The van der Waals surface area contributed by atoms with Crippen molar-refractivity contribution in [2.75, 3.05) is 18.4 Å². The number of carbonyl (C=O) groups is 1. The molecule has 2 rings (SSSR count). The highest BCUT2D eigenvalue weighted by Crippen LogP contribution is 2.18. The van der Waals surface area contributed by atoms with E-state index >= 15 is 0 Å². The Kier molecular flexibility index (Phi) is 5.64. The highest BCUT2D eigenvalue weighted by molar-refractivity contribution is 9.10. The van der Waals surface area contributed by atoms with Crippen LogP contribution in [0.1, 0.15) is 15.9 Å². The second kappa shape index (κ2) is 7.68. The summed E-state index contributed by atoms with van der Waals surface area (Å²) in [4.78, 5) is 26.2. The molecule has 8 heteroatoms. The Labute approximate surface area is 141 Å². The van der Waals surface area contributed by atoms with Gasteiger partial charge in [0.25, 0.3) is 11.6 Å². The monoisotopic (exact) mass is 378 g/mol. The van der Waals surface area contributed by atoms with Crippen molar-refractivity contribution in [2.45, 2.75) is 6.92 Å². The van der Waals surface area contributed by atoms with Crippen LogP contribution in [-0.2, 0) is 0 Å². The highest BCUT2D eigenvalue weighted by Gasteiger charge is 2.11. The van der Waals surface area contributed by atoms with E-state index in [0.717, 1.165) is 4.47 Å². The zero-order chi connectivity index (χ0) is 16.8. The third kappa shape index (κ3) is 4.75. The number of rotatable bonds is 6. The molecule has 0 radical (unpaired) electrons. The van der Waals surface area contributed by atoms with Gasteiger partial charge >= 0.3 is 0 Å². The van der Waals surface area contributed by atoms with Gasteiger partial charge < -0.3 is 10.6 Å². The van der Waals surface area contributed by atoms with Crippen LogP contribution < -0.4 is 10.6 Å². The first-order valence-corrected chi connectivity index (χ1v) is 7.65. The topological polar surface area (TPSA) is 97.2 Å². The number of hydrogen-bond donors (Lipinski definition) is 2. The summed E-state index contributed by atoms with van der Waals surface area (Å²) in [6.07, 6.45) is 1.22. The fourth-order valence-electron chi connectivity index (χ4n) is 1.93. The van der Waals surface area contributed by atoms with Crippen LogP contribution in [-0.4, -0.2) is 28.9 Å². The van der Waals surface area contributed by atoms with E-state index < -0.39 is 4.92 Å². The first-order chi connectivity index (χ1) is 11.0. The van der Waals surface area contributed by atoms with Crippen LogP contribution >= 0.6 is 15.9 Å². The van der Waals surface area contributed by atoms with Gasteiger partial charge in [0.1, 0.15) is 12.0 Å².